The monoisotopic (exact) mass is 369 g/mol. The molecule has 1 heterocycles. The van der Waals surface area contributed by atoms with E-state index in [0.29, 0.717) is 23.0 Å². The Kier molecular flexibility index (Phi) is 5.28. The summed E-state index contributed by atoms with van der Waals surface area (Å²) < 4.78 is 7.29. The second-order valence-corrected chi connectivity index (χ2v) is 6.49. The summed E-state index contributed by atoms with van der Waals surface area (Å²) in [6, 6.07) is 15.5. The zero-order chi connectivity index (χ0) is 18.7. The van der Waals surface area contributed by atoms with E-state index in [1.807, 2.05) is 55.5 Å². The van der Waals surface area contributed by atoms with Crippen molar-refractivity contribution >= 4 is 17.5 Å². The number of carbonyl (C=O) groups is 1. The molecule has 1 N–H and O–H groups in total. The van der Waals surface area contributed by atoms with E-state index in [-0.39, 0.29) is 5.91 Å². The van der Waals surface area contributed by atoms with Crippen LogP contribution in [0.5, 0.6) is 11.5 Å². The zero-order valence-corrected chi connectivity index (χ0v) is 15.7. The number of benzene rings is 2. The third-order valence-corrected chi connectivity index (χ3v) is 4.45. The van der Waals surface area contributed by atoms with Gasteiger partial charge in [-0.1, -0.05) is 41.4 Å². The number of halogens is 1. The third kappa shape index (κ3) is 4.06. The summed E-state index contributed by atoms with van der Waals surface area (Å²) in [7, 11) is 1.70. The number of aromatic nitrogens is 2. The second-order valence-electron chi connectivity index (χ2n) is 6.11. The number of hydrogen-bond acceptors (Lipinski definition) is 3. The molecule has 0 saturated carbocycles. The van der Waals surface area contributed by atoms with Gasteiger partial charge in [-0.15, -0.1) is 0 Å². The lowest BCUT2D eigenvalue weighted by Crippen LogP contribution is -2.25. The molecule has 0 fully saturated rings. The van der Waals surface area contributed by atoms with E-state index in [0.717, 1.165) is 17.1 Å². The van der Waals surface area contributed by atoms with Crippen molar-refractivity contribution in [1.29, 1.82) is 0 Å². The number of ether oxygens (including phenoxy) is 1. The predicted molar refractivity (Wildman–Crippen MR) is 102 cm³/mol. The maximum atomic E-state index is 12.3. The van der Waals surface area contributed by atoms with Crippen molar-refractivity contribution in [2.24, 2.45) is 7.05 Å². The molecule has 6 heteroatoms. The number of hydrogen-bond donors (Lipinski definition) is 1. The van der Waals surface area contributed by atoms with E-state index < -0.39 is 0 Å². The summed E-state index contributed by atoms with van der Waals surface area (Å²) in [5.41, 5.74) is 3.15. The summed E-state index contributed by atoms with van der Waals surface area (Å²) in [6.45, 7) is 4.20. The number of aryl methyl sites for hydroxylation is 3. The molecule has 3 aromatic rings. The maximum absolute atomic E-state index is 12.3. The van der Waals surface area contributed by atoms with Crippen LogP contribution >= 0.6 is 11.6 Å². The fraction of sp³-hybridized carbons (Fsp3) is 0.200. The third-order valence-electron chi connectivity index (χ3n) is 4.00. The Hall–Kier alpha value is -2.79. The SMILES string of the molecule is Cc1ccc(Oc2ccc(CNC(=O)c3c(Cl)c(C)nn3C)cc2)cc1. The molecular weight excluding hydrogens is 350 g/mol. The van der Waals surface area contributed by atoms with Crippen LogP contribution in [0, 0.1) is 13.8 Å². The van der Waals surface area contributed by atoms with Gasteiger partial charge in [0, 0.05) is 13.6 Å². The highest BCUT2D eigenvalue weighted by atomic mass is 35.5. The quantitative estimate of drug-likeness (QED) is 0.724. The first-order chi connectivity index (χ1) is 12.4. The van der Waals surface area contributed by atoms with Gasteiger partial charge in [0.1, 0.15) is 17.2 Å². The fourth-order valence-electron chi connectivity index (χ4n) is 2.56. The smallest absolute Gasteiger partial charge is 0.271 e. The van der Waals surface area contributed by atoms with E-state index in [1.54, 1.807) is 14.0 Å². The molecule has 0 radical (unpaired) electrons. The molecule has 2 aromatic carbocycles. The molecule has 0 bridgehead atoms. The minimum Gasteiger partial charge on any atom is -0.457 e. The summed E-state index contributed by atoms with van der Waals surface area (Å²) in [5.74, 6) is 1.28. The first-order valence-electron chi connectivity index (χ1n) is 8.25. The van der Waals surface area contributed by atoms with Crippen LogP contribution in [-0.2, 0) is 13.6 Å². The lowest BCUT2D eigenvalue weighted by molar-refractivity contribution is 0.0941. The molecule has 0 aliphatic heterocycles. The molecular formula is C20H20ClN3O2. The van der Waals surface area contributed by atoms with Crippen molar-refractivity contribution in [3.8, 4) is 11.5 Å². The first kappa shape index (κ1) is 18.0. The van der Waals surface area contributed by atoms with Crippen molar-refractivity contribution < 1.29 is 9.53 Å². The van der Waals surface area contributed by atoms with Gasteiger partial charge in [0.2, 0.25) is 0 Å². The predicted octanol–water partition coefficient (Wildman–Crippen LogP) is 4.41. The Labute approximate surface area is 157 Å². The standard InChI is InChI=1S/C20H20ClN3O2/c1-13-4-8-16(9-5-13)26-17-10-6-15(7-11-17)12-22-20(25)19-18(21)14(2)23-24(19)3/h4-11H,12H2,1-3H3,(H,22,25). The van der Waals surface area contributed by atoms with Gasteiger partial charge >= 0.3 is 0 Å². The van der Waals surface area contributed by atoms with Crippen LogP contribution < -0.4 is 10.1 Å². The highest BCUT2D eigenvalue weighted by Crippen LogP contribution is 2.22. The molecule has 134 valence electrons. The molecule has 0 atom stereocenters. The average Bonchev–Trinajstić information content (AvgIpc) is 2.88. The maximum Gasteiger partial charge on any atom is 0.271 e. The van der Waals surface area contributed by atoms with E-state index in [4.69, 9.17) is 16.3 Å². The van der Waals surface area contributed by atoms with Gasteiger partial charge in [0.05, 0.1) is 10.7 Å². The molecule has 0 aliphatic carbocycles. The van der Waals surface area contributed by atoms with Gasteiger partial charge in [-0.3, -0.25) is 9.48 Å². The first-order valence-corrected chi connectivity index (χ1v) is 8.62. The van der Waals surface area contributed by atoms with E-state index >= 15 is 0 Å². The van der Waals surface area contributed by atoms with Crippen LogP contribution in [-0.4, -0.2) is 15.7 Å². The summed E-state index contributed by atoms with van der Waals surface area (Å²) in [4.78, 5) is 12.3. The lowest BCUT2D eigenvalue weighted by Gasteiger charge is -2.08. The number of nitrogens with zero attached hydrogens (tertiary/aromatic N) is 2. The van der Waals surface area contributed by atoms with E-state index in [2.05, 4.69) is 10.4 Å². The minimum absolute atomic E-state index is 0.252. The van der Waals surface area contributed by atoms with Gasteiger partial charge in [0.25, 0.3) is 5.91 Å². The van der Waals surface area contributed by atoms with Crippen LogP contribution in [0.4, 0.5) is 0 Å². The molecule has 26 heavy (non-hydrogen) atoms. The van der Waals surface area contributed by atoms with Crippen molar-refractivity contribution in [3.05, 3.63) is 76.1 Å². The van der Waals surface area contributed by atoms with Crippen molar-refractivity contribution in [1.82, 2.24) is 15.1 Å². The molecule has 3 rings (SSSR count). The Morgan fingerprint density at radius 1 is 1.08 bits per heavy atom. The highest BCUT2D eigenvalue weighted by Gasteiger charge is 2.18. The fourth-order valence-corrected chi connectivity index (χ4v) is 2.81. The summed E-state index contributed by atoms with van der Waals surface area (Å²) in [6.07, 6.45) is 0. The van der Waals surface area contributed by atoms with Crippen molar-refractivity contribution in [3.63, 3.8) is 0 Å². The number of carbonyl (C=O) groups excluding carboxylic acids is 1. The number of amides is 1. The van der Waals surface area contributed by atoms with Crippen LogP contribution in [0.3, 0.4) is 0 Å². The van der Waals surface area contributed by atoms with Gasteiger partial charge in [-0.25, -0.2) is 0 Å². The topological polar surface area (TPSA) is 56.1 Å². The van der Waals surface area contributed by atoms with E-state index in [1.165, 1.54) is 10.2 Å². The van der Waals surface area contributed by atoms with Crippen LogP contribution in [0.25, 0.3) is 0 Å². The van der Waals surface area contributed by atoms with Crippen LogP contribution in [0.2, 0.25) is 5.02 Å². The van der Waals surface area contributed by atoms with Crippen LogP contribution in [0.1, 0.15) is 27.3 Å². The summed E-state index contributed by atoms with van der Waals surface area (Å²) in [5, 5.41) is 7.39. The number of rotatable bonds is 5. The largest absolute Gasteiger partial charge is 0.457 e. The van der Waals surface area contributed by atoms with Gasteiger partial charge in [0.15, 0.2) is 0 Å². The highest BCUT2D eigenvalue weighted by molar-refractivity contribution is 6.34. The summed E-state index contributed by atoms with van der Waals surface area (Å²) >= 11 is 6.14. The Morgan fingerprint density at radius 2 is 1.65 bits per heavy atom. The molecule has 0 spiro atoms. The zero-order valence-electron chi connectivity index (χ0n) is 14.9. The lowest BCUT2D eigenvalue weighted by atomic mass is 10.2. The molecule has 0 aliphatic rings. The Balaban J connectivity index is 1.60. The van der Waals surface area contributed by atoms with E-state index in [9.17, 15) is 4.79 Å². The van der Waals surface area contributed by atoms with Gasteiger partial charge in [-0.05, 0) is 43.7 Å². The second kappa shape index (κ2) is 7.62. The average molecular weight is 370 g/mol. The Morgan fingerprint density at radius 3 is 2.19 bits per heavy atom. The van der Waals surface area contributed by atoms with Gasteiger partial charge in [-0.2, -0.15) is 5.10 Å². The Bertz CT molecular complexity index is 915. The molecule has 5 nitrogen and oxygen atoms in total. The molecule has 1 aromatic heterocycles. The van der Waals surface area contributed by atoms with Gasteiger partial charge < -0.3 is 10.1 Å². The van der Waals surface area contributed by atoms with Crippen LogP contribution in [0.15, 0.2) is 48.5 Å². The van der Waals surface area contributed by atoms with Crippen molar-refractivity contribution in [2.45, 2.75) is 20.4 Å². The van der Waals surface area contributed by atoms with Crippen molar-refractivity contribution in [2.75, 3.05) is 0 Å². The minimum atomic E-state index is -0.252. The number of nitrogens with one attached hydrogen (secondary N) is 1. The molecule has 0 saturated heterocycles. The molecule has 1 amide bonds. The molecule has 0 unspecified atom stereocenters. The normalized spacial score (nSPS) is 10.6.